The van der Waals surface area contributed by atoms with Gasteiger partial charge in [-0.15, -0.1) is 0 Å². The van der Waals surface area contributed by atoms with E-state index in [1.165, 1.54) is 10.8 Å². The number of nitrogens with zero attached hydrogens (tertiary/aromatic N) is 3. The first-order valence-corrected chi connectivity index (χ1v) is 9.74. The van der Waals surface area contributed by atoms with Gasteiger partial charge in [-0.2, -0.15) is 5.10 Å². The van der Waals surface area contributed by atoms with Crippen molar-refractivity contribution in [2.24, 2.45) is 11.3 Å². The smallest absolute Gasteiger partial charge is 0.434 e. The van der Waals surface area contributed by atoms with Gasteiger partial charge in [0.15, 0.2) is 5.82 Å². The van der Waals surface area contributed by atoms with Gasteiger partial charge in [-0.3, -0.25) is 0 Å². The molecule has 3 heterocycles. The number of nitrogens with two attached hydrogens (primary N) is 1. The van der Waals surface area contributed by atoms with Crippen LogP contribution in [0.3, 0.4) is 0 Å². The number of aromatic nitrogens is 3. The summed E-state index contributed by atoms with van der Waals surface area (Å²) in [7, 11) is 0. The lowest BCUT2D eigenvalue weighted by molar-refractivity contribution is -0.147. The van der Waals surface area contributed by atoms with Crippen molar-refractivity contribution >= 4 is 17.5 Å². The minimum Gasteiger partial charge on any atom is -0.434 e. The highest BCUT2D eigenvalue weighted by Crippen LogP contribution is 2.64. The van der Waals surface area contributed by atoms with Crippen LogP contribution in [-0.2, 0) is 19.8 Å². The fourth-order valence-corrected chi connectivity index (χ4v) is 4.89. The number of nitrogen functional groups attached to an aromatic ring is 1. The third-order valence-electron chi connectivity index (χ3n) is 6.68. The van der Waals surface area contributed by atoms with E-state index in [4.69, 9.17) is 19.9 Å². The van der Waals surface area contributed by atoms with Crippen LogP contribution in [0.1, 0.15) is 31.9 Å². The van der Waals surface area contributed by atoms with E-state index in [-0.39, 0.29) is 17.8 Å². The number of rotatable bonds is 5. The first-order chi connectivity index (χ1) is 13.8. The Morgan fingerprint density at radius 3 is 2.79 bits per heavy atom. The quantitative estimate of drug-likeness (QED) is 0.611. The Labute approximate surface area is 166 Å². The van der Waals surface area contributed by atoms with Gasteiger partial charge < -0.3 is 30.2 Å². The number of anilines is 1. The first kappa shape index (κ1) is 18.6. The molecule has 0 amide bonds. The summed E-state index contributed by atoms with van der Waals surface area (Å²) in [5.74, 6) is 1.09. The number of hydrogen-bond acceptors (Lipinski definition) is 9. The zero-order valence-corrected chi connectivity index (χ0v) is 16.0. The van der Waals surface area contributed by atoms with Gasteiger partial charge in [-0.1, -0.05) is 0 Å². The largest absolute Gasteiger partial charge is 0.508 e. The topological polar surface area (TPSA) is 141 Å². The Hall–Kier alpha value is -2.43. The van der Waals surface area contributed by atoms with E-state index in [2.05, 4.69) is 10.1 Å². The van der Waals surface area contributed by atoms with E-state index >= 15 is 0 Å². The summed E-state index contributed by atoms with van der Waals surface area (Å²) in [5.41, 5.74) is 5.81. The summed E-state index contributed by atoms with van der Waals surface area (Å²) >= 11 is 0. The highest BCUT2D eigenvalue weighted by atomic mass is 16.7. The van der Waals surface area contributed by atoms with Gasteiger partial charge in [0.2, 0.25) is 0 Å². The average Bonchev–Trinajstić information content (AvgIpc) is 3.15. The van der Waals surface area contributed by atoms with Crippen molar-refractivity contribution in [3.05, 3.63) is 24.2 Å². The van der Waals surface area contributed by atoms with Gasteiger partial charge in [0.25, 0.3) is 0 Å². The highest BCUT2D eigenvalue weighted by Gasteiger charge is 2.57. The molecule has 4 fully saturated rings. The Morgan fingerprint density at radius 1 is 1.34 bits per heavy atom. The molecule has 4 aliphatic rings. The predicted octanol–water partition coefficient (Wildman–Crippen LogP) is 0.601. The molecule has 3 saturated carbocycles. The molecule has 2 aromatic heterocycles. The molecule has 10 heteroatoms. The zero-order chi connectivity index (χ0) is 20.4. The van der Waals surface area contributed by atoms with Gasteiger partial charge in [-0.25, -0.2) is 14.3 Å². The third kappa shape index (κ3) is 2.77. The van der Waals surface area contributed by atoms with Crippen molar-refractivity contribution in [1.82, 2.24) is 14.6 Å². The van der Waals surface area contributed by atoms with Crippen molar-refractivity contribution in [2.45, 2.75) is 50.1 Å². The lowest BCUT2D eigenvalue weighted by atomic mass is 9.45. The summed E-state index contributed by atoms with van der Waals surface area (Å²) in [5, 5.41) is 25.3. The van der Waals surface area contributed by atoms with E-state index in [1.807, 2.05) is 0 Å². The summed E-state index contributed by atoms with van der Waals surface area (Å²) < 4.78 is 17.8. The van der Waals surface area contributed by atoms with E-state index < -0.39 is 30.1 Å². The van der Waals surface area contributed by atoms with Crippen molar-refractivity contribution in [1.29, 1.82) is 0 Å². The summed E-state index contributed by atoms with van der Waals surface area (Å²) in [6.07, 6.45) is 0.440. The number of ether oxygens (including phenoxy) is 3. The predicted molar refractivity (Wildman–Crippen MR) is 98.7 cm³/mol. The maximum atomic E-state index is 11.9. The number of fused-ring (bicyclic) bond motifs is 1. The number of aliphatic hydroxyl groups is 2. The molecule has 0 aromatic carbocycles. The second kappa shape index (κ2) is 6.28. The van der Waals surface area contributed by atoms with Gasteiger partial charge in [0.05, 0.1) is 5.69 Å². The van der Waals surface area contributed by atoms with Crippen molar-refractivity contribution < 1.29 is 29.2 Å². The van der Waals surface area contributed by atoms with Crippen LogP contribution in [0.2, 0.25) is 0 Å². The molecule has 0 spiro atoms. The maximum absolute atomic E-state index is 11.9. The molecule has 3 aliphatic carbocycles. The summed E-state index contributed by atoms with van der Waals surface area (Å²) in [6.45, 7) is 1.78. The molecule has 4 N–H and O–H groups in total. The molecular weight excluding hydrogens is 380 g/mol. The Balaban J connectivity index is 1.25. The molecule has 4 atom stereocenters. The first-order valence-electron chi connectivity index (χ1n) is 9.74. The lowest BCUT2D eigenvalue weighted by Gasteiger charge is -2.61. The third-order valence-corrected chi connectivity index (χ3v) is 6.68. The SMILES string of the molecule is C[C@@]1(c2ccc3c(N)ncnn23)O[C@H](COC(=O)OCC23CC(C2)C3)[C@@H](O)[C@H]1O. The minimum atomic E-state index is -1.28. The van der Waals surface area contributed by atoms with Crippen molar-refractivity contribution in [2.75, 3.05) is 18.9 Å². The van der Waals surface area contributed by atoms with Crippen LogP contribution in [0.15, 0.2) is 18.5 Å². The molecule has 156 valence electrons. The molecule has 1 saturated heterocycles. The van der Waals surface area contributed by atoms with E-state index in [0.717, 1.165) is 25.2 Å². The molecule has 1 aliphatic heterocycles. The van der Waals surface area contributed by atoms with E-state index in [1.54, 1.807) is 19.1 Å². The molecule has 0 unspecified atom stereocenters. The average molecular weight is 404 g/mol. The number of hydrogen-bond donors (Lipinski definition) is 3. The molecule has 2 aromatic rings. The van der Waals surface area contributed by atoms with Crippen LogP contribution in [0, 0.1) is 11.3 Å². The van der Waals surface area contributed by atoms with E-state index in [9.17, 15) is 15.0 Å². The summed E-state index contributed by atoms with van der Waals surface area (Å²) in [4.78, 5) is 15.9. The van der Waals surface area contributed by atoms with Crippen LogP contribution >= 0.6 is 0 Å². The Bertz CT molecular complexity index is 946. The van der Waals surface area contributed by atoms with E-state index in [0.29, 0.717) is 17.8 Å². The monoisotopic (exact) mass is 404 g/mol. The Morgan fingerprint density at radius 2 is 2.10 bits per heavy atom. The highest BCUT2D eigenvalue weighted by molar-refractivity contribution is 5.65. The fourth-order valence-electron chi connectivity index (χ4n) is 4.89. The standard InChI is InChI=1S/C19H24N4O6/c1-18(13-3-2-11-16(20)21-9-22-23(11)13)15(25)14(24)12(29-18)7-27-17(26)28-8-19-4-10(5-19)6-19/h2-3,9-10,12,14-15,24-25H,4-8H2,1H3,(H2,20,21,22)/t10?,12-,14-,15-,18+,19?/m1/s1. The maximum Gasteiger partial charge on any atom is 0.508 e. The van der Waals surface area contributed by atoms with Crippen LogP contribution in [0.4, 0.5) is 10.6 Å². The lowest BCUT2D eigenvalue weighted by Crippen LogP contribution is -2.54. The van der Waals surface area contributed by atoms with Crippen LogP contribution < -0.4 is 5.73 Å². The van der Waals surface area contributed by atoms with Crippen molar-refractivity contribution in [3.63, 3.8) is 0 Å². The molecular formula is C19H24N4O6. The van der Waals surface area contributed by atoms with Gasteiger partial charge in [-0.05, 0) is 44.2 Å². The van der Waals surface area contributed by atoms with Gasteiger partial charge >= 0.3 is 6.16 Å². The second-order valence-corrected chi connectivity index (χ2v) is 8.69. The Kier molecular flexibility index (Phi) is 4.03. The second-order valence-electron chi connectivity index (χ2n) is 8.69. The van der Waals surface area contributed by atoms with Crippen LogP contribution in [-0.4, -0.2) is 62.5 Å². The molecule has 10 nitrogen and oxygen atoms in total. The number of carbonyl (C=O) groups is 1. The zero-order valence-electron chi connectivity index (χ0n) is 16.0. The van der Waals surface area contributed by atoms with Gasteiger partial charge in [0, 0.05) is 5.41 Å². The number of carbonyl (C=O) groups excluding carboxylic acids is 1. The normalized spacial score (nSPS) is 37.8. The molecule has 2 bridgehead atoms. The molecule has 6 rings (SSSR count). The number of aliphatic hydroxyl groups excluding tert-OH is 2. The van der Waals surface area contributed by atoms with Crippen molar-refractivity contribution in [3.8, 4) is 0 Å². The summed E-state index contributed by atoms with van der Waals surface area (Å²) in [6, 6.07) is 3.42. The van der Waals surface area contributed by atoms with Gasteiger partial charge in [0.1, 0.15) is 49.0 Å². The van der Waals surface area contributed by atoms with Crippen LogP contribution in [0.25, 0.3) is 5.52 Å². The van der Waals surface area contributed by atoms with Crippen LogP contribution in [0.5, 0.6) is 0 Å². The molecule has 29 heavy (non-hydrogen) atoms. The molecule has 0 radical (unpaired) electrons. The fraction of sp³-hybridized carbons (Fsp3) is 0.632. The minimum absolute atomic E-state index is 0.168.